The fourth-order valence-electron chi connectivity index (χ4n) is 1.71. The van der Waals surface area contributed by atoms with Crippen LogP contribution in [0.25, 0.3) is 0 Å². The summed E-state index contributed by atoms with van der Waals surface area (Å²) >= 11 is 0. The SMILES string of the molecule is Cl.N#Cc1cc([C@@H](N)CC2CC2)ccc1F. The fourth-order valence-corrected chi connectivity index (χ4v) is 1.71. The Kier molecular flexibility index (Phi) is 4.28. The number of nitrogens with two attached hydrogens (primary N) is 1. The van der Waals surface area contributed by atoms with Crippen molar-refractivity contribution in [1.29, 1.82) is 5.26 Å². The van der Waals surface area contributed by atoms with Gasteiger partial charge in [-0.05, 0) is 30.0 Å². The van der Waals surface area contributed by atoms with Gasteiger partial charge in [-0.15, -0.1) is 12.4 Å². The van der Waals surface area contributed by atoms with E-state index in [4.69, 9.17) is 11.0 Å². The summed E-state index contributed by atoms with van der Waals surface area (Å²) in [6.45, 7) is 0. The maximum atomic E-state index is 13.0. The lowest BCUT2D eigenvalue weighted by Crippen LogP contribution is -2.11. The van der Waals surface area contributed by atoms with Crippen molar-refractivity contribution in [3.63, 3.8) is 0 Å². The Labute approximate surface area is 101 Å². The average Bonchev–Trinajstić information content (AvgIpc) is 3.02. The summed E-state index contributed by atoms with van der Waals surface area (Å²) in [5.74, 6) is 0.260. The molecule has 86 valence electrons. The van der Waals surface area contributed by atoms with Crippen LogP contribution >= 0.6 is 12.4 Å². The summed E-state index contributed by atoms with van der Waals surface area (Å²) in [6.07, 6.45) is 3.44. The van der Waals surface area contributed by atoms with E-state index in [1.807, 2.05) is 6.07 Å². The molecular weight excluding hydrogens is 227 g/mol. The second-order valence-electron chi connectivity index (χ2n) is 4.14. The molecule has 1 aliphatic carbocycles. The molecule has 16 heavy (non-hydrogen) atoms. The molecule has 1 saturated carbocycles. The third-order valence-corrected chi connectivity index (χ3v) is 2.82. The molecule has 2 nitrogen and oxygen atoms in total. The Bertz CT molecular complexity index is 410. The van der Waals surface area contributed by atoms with E-state index in [1.54, 1.807) is 12.1 Å². The molecule has 1 fully saturated rings. The Balaban J connectivity index is 0.00000128. The lowest BCUT2D eigenvalue weighted by molar-refractivity contribution is 0.590. The second-order valence-corrected chi connectivity index (χ2v) is 4.14. The van der Waals surface area contributed by atoms with E-state index in [-0.39, 0.29) is 24.0 Å². The molecule has 0 unspecified atom stereocenters. The van der Waals surface area contributed by atoms with E-state index in [1.165, 1.54) is 18.9 Å². The number of benzene rings is 1. The van der Waals surface area contributed by atoms with E-state index >= 15 is 0 Å². The molecule has 0 amide bonds. The number of hydrogen-bond acceptors (Lipinski definition) is 2. The van der Waals surface area contributed by atoms with Crippen molar-refractivity contribution < 1.29 is 4.39 Å². The van der Waals surface area contributed by atoms with Crippen LogP contribution in [0.4, 0.5) is 4.39 Å². The predicted octanol–water partition coefficient (Wildman–Crippen LogP) is 2.92. The topological polar surface area (TPSA) is 49.8 Å². The highest BCUT2D eigenvalue weighted by molar-refractivity contribution is 5.85. The van der Waals surface area contributed by atoms with Crippen LogP contribution in [0.1, 0.15) is 36.4 Å². The Morgan fingerprint density at radius 3 is 2.75 bits per heavy atom. The summed E-state index contributed by atoms with van der Waals surface area (Å²) < 4.78 is 13.0. The van der Waals surface area contributed by atoms with Crippen LogP contribution in [-0.2, 0) is 0 Å². The maximum Gasteiger partial charge on any atom is 0.140 e. The highest BCUT2D eigenvalue weighted by Crippen LogP contribution is 2.36. The first kappa shape index (κ1) is 13.0. The average molecular weight is 241 g/mol. The molecule has 2 rings (SSSR count). The molecule has 0 heterocycles. The maximum absolute atomic E-state index is 13.0. The zero-order valence-corrected chi connectivity index (χ0v) is 9.64. The molecule has 1 aliphatic rings. The minimum atomic E-state index is -0.472. The third kappa shape index (κ3) is 2.94. The number of nitriles is 1. The minimum absolute atomic E-state index is 0. The predicted molar refractivity (Wildman–Crippen MR) is 62.6 cm³/mol. The van der Waals surface area contributed by atoms with Crippen molar-refractivity contribution in [2.45, 2.75) is 25.3 Å². The molecule has 0 radical (unpaired) electrons. The van der Waals surface area contributed by atoms with E-state index < -0.39 is 5.82 Å². The molecule has 0 aromatic heterocycles. The fraction of sp³-hybridized carbons (Fsp3) is 0.417. The standard InChI is InChI=1S/C12H13FN2.ClH/c13-11-4-3-9(6-10(11)7-14)12(15)5-8-1-2-8;/h3-4,6,8,12H,1-2,5,15H2;1H/t12-;/m0./s1. The van der Waals surface area contributed by atoms with Gasteiger partial charge < -0.3 is 5.73 Å². The van der Waals surface area contributed by atoms with Gasteiger partial charge in [-0.1, -0.05) is 18.9 Å². The molecule has 1 aromatic carbocycles. The molecular formula is C12H14ClFN2. The molecule has 0 saturated heterocycles. The van der Waals surface area contributed by atoms with Crippen LogP contribution in [0.5, 0.6) is 0 Å². The monoisotopic (exact) mass is 240 g/mol. The first-order valence-electron chi connectivity index (χ1n) is 5.16. The van der Waals surface area contributed by atoms with Crippen LogP contribution < -0.4 is 5.73 Å². The number of nitrogens with zero attached hydrogens (tertiary/aromatic N) is 1. The highest BCUT2D eigenvalue weighted by atomic mass is 35.5. The first-order chi connectivity index (χ1) is 7.20. The van der Waals surface area contributed by atoms with Crippen LogP contribution in [0.3, 0.4) is 0 Å². The van der Waals surface area contributed by atoms with Crippen molar-refractivity contribution in [1.82, 2.24) is 0 Å². The smallest absolute Gasteiger partial charge is 0.140 e. The van der Waals surface area contributed by atoms with Gasteiger partial charge in [0.25, 0.3) is 0 Å². The van der Waals surface area contributed by atoms with Gasteiger partial charge in [-0.25, -0.2) is 4.39 Å². The minimum Gasteiger partial charge on any atom is -0.324 e. The van der Waals surface area contributed by atoms with Gasteiger partial charge in [0.2, 0.25) is 0 Å². The zero-order valence-electron chi connectivity index (χ0n) is 8.82. The zero-order chi connectivity index (χ0) is 10.8. The molecule has 1 atom stereocenters. The molecule has 4 heteroatoms. The largest absolute Gasteiger partial charge is 0.324 e. The molecule has 2 N–H and O–H groups in total. The van der Waals surface area contributed by atoms with Gasteiger partial charge in [0.15, 0.2) is 0 Å². The van der Waals surface area contributed by atoms with Gasteiger partial charge in [0, 0.05) is 6.04 Å². The highest BCUT2D eigenvalue weighted by Gasteiger charge is 2.24. The lowest BCUT2D eigenvalue weighted by atomic mass is 10.00. The molecule has 0 spiro atoms. The van der Waals surface area contributed by atoms with Crippen LogP contribution in [0, 0.1) is 23.1 Å². The van der Waals surface area contributed by atoms with E-state index in [0.29, 0.717) is 0 Å². The quantitative estimate of drug-likeness (QED) is 0.883. The second kappa shape index (κ2) is 5.29. The summed E-state index contributed by atoms with van der Waals surface area (Å²) in [5, 5.41) is 8.69. The first-order valence-corrected chi connectivity index (χ1v) is 5.16. The van der Waals surface area contributed by atoms with Gasteiger partial charge in [0.1, 0.15) is 11.9 Å². The van der Waals surface area contributed by atoms with Crippen LogP contribution in [0.2, 0.25) is 0 Å². The van der Waals surface area contributed by atoms with Crippen molar-refractivity contribution in [2.24, 2.45) is 11.7 Å². The van der Waals surface area contributed by atoms with Crippen LogP contribution in [-0.4, -0.2) is 0 Å². The number of rotatable bonds is 3. The van der Waals surface area contributed by atoms with Crippen molar-refractivity contribution >= 4 is 12.4 Å². The van der Waals surface area contributed by atoms with Gasteiger partial charge >= 0.3 is 0 Å². The number of halogens is 2. The van der Waals surface area contributed by atoms with E-state index in [9.17, 15) is 4.39 Å². The normalized spacial score (nSPS) is 16.1. The summed E-state index contributed by atoms with van der Waals surface area (Å²) in [5.41, 5.74) is 6.92. The van der Waals surface area contributed by atoms with Crippen molar-refractivity contribution in [3.8, 4) is 6.07 Å². The van der Waals surface area contributed by atoms with E-state index in [2.05, 4.69) is 0 Å². The van der Waals surface area contributed by atoms with Gasteiger partial charge in [-0.3, -0.25) is 0 Å². The van der Waals surface area contributed by atoms with Crippen molar-refractivity contribution in [3.05, 3.63) is 35.1 Å². The Morgan fingerprint density at radius 1 is 1.50 bits per heavy atom. The summed E-state index contributed by atoms with van der Waals surface area (Å²) in [7, 11) is 0. The van der Waals surface area contributed by atoms with E-state index in [0.717, 1.165) is 17.9 Å². The van der Waals surface area contributed by atoms with Crippen molar-refractivity contribution in [2.75, 3.05) is 0 Å². The van der Waals surface area contributed by atoms with Gasteiger partial charge in [0.05, 0.1) is 5.56 Å². The third-order valence-electron chi connectivity index (χ3n) is 2.82. The molecule has 0 bridgehead atoms. The number of hydrogen-bond donors (Lipinski definition) is 1. The Hall–Kier alpha value is -1.11. The summed E-state index contributed by atoms with van der Waals surface area (Å²) in [4.78, 5) is 0. The Morgan fingerprint density at radius 2 is 2.19 bits per heavy atom. The van der Waals surface area contributed by atoms with Gasteiger partial charge in [-0.2, -0.15) is 5.26 Å². The lowest BCUT2D eigenvalue weighted by Gasteiger charge is -2.11. The summed E-state index contributed by atoms with van der Waals surface area (Å²) in [6, 6.07) is 6.31. The van der Waals surface area contributed by atoms with Crippen LogP contribution in [0.15, 0.2) is 18.2 Å². The molecule has 0 aliphatic heterocycles. The molecule has 1 aromatic rings.